The van der Waals surface area contributed by atoms with Crippen LogP contribution >= 0.6 is 0 Å². The van der Waals surface area contributed by atoms with E-state index < -0.39 is 59.8 Å². The van der Waals surface area contributed by atoms with Crippen LogP contribution in [-0.2, 0) is 38.3 Å². The molecule has 1 heterocycles. The summed E-state index contributed by atoms with van der Waals surface area (Å²) in [6.07, 6.45) is 58.3. The predicted molar refractivity (Wildman–Crippen MR) is 303 cm³/mol. The van der Waals surface area contributed by atoms with Crippen molar-refractivity contribution in [3.63, 3.8) is 0 Å². The lowest BCUT2D eigenvalue weighted by Gasteiger charge is -2.41. The van der Waals surface area contributed by atoms with Crippen molar-refractivity contribution in [3.8, 4) is 0 Å². The van der Waals surface area contributed by atoms with Gasteiger partial charge in [0, 0.05) is 13.0 Å². The highest BCUT2D eigenvalue weighted by Gasteiger charge is 2.48. The van der Waals surface area contributed by atoms with Gasteiger partial charge in [-0.05, 0) is 57.8 Å². The molecule has 12 nitrogen and oxygen atoms in total. The minimum Gasteiger partial charge on any atom is -0.457 e. The molecule has 0 aromatic carbocycles. The van der Waals surface area contributed by atoms with Crippen LogP contribution < -0.4 is 0 Å². The molecule has 1 saturated heterocycles. The summed E-state index contributed by atoms with van der Waals surface area (Å²) >= 11 is 0. The number of aliphatic hydroxyl groups is 3. The van der Waals surface area contributed by atoms with Crippen molar-refractivity contribution in [2.75, 3.05) is 26.4 Å². The average Bonchev–Trinajstić information content (AvgIpc) is 3.38. The fraction of sp³-hybridized carbons (Fsp3) is 0.820. The number of carbonyl (C=O) groups is 1. The van der Waals surface area contributed by atoms with Crippen LogP contribution in [0, 0.1) is 0 Å². The quantitative estimate of drug-likeness (QED) is 0.0196. The summed E-state index contributed by atoms with van der Waals surface area (Å²) in [5.74, 6) is -0.397. The SMILES string of the molecule is CC/C=C\C/C=C\C/C=C\C/C=C\C/C=C\CCCCCCCCCCCCOCC(COC1OC(CO)C(O)C(OS(=O)(=O)O)C1O)OC(=O)CCCCCCCCCCCCCCCCCCCCCCC. The van der Waals surface area contributed by atoms with E-state index in [9.17, 15) is 33.1 Å². The molecule has 432 valence electrons. The van der Waals surface area contributed by atoms with Crippen molar-refractivity contribution in [1.29, 1.82) is 0 Å². The molecule has 6 unspecified atom stereocenters. The molecule has 6 atom stereocenters. The van der Waals surface area contributed by atoms with E-state index in [4.69, 9.17) is 18.9 Å². The second-order valence-corrected chi connectivity index (χ2v) is 21.6. The van der Waals surface area contributed by atoms with Crippen LogP contribution in [0.4, 0.5) is 0 Å². The molecule has 74 heavy (non-hydrogen) atoms. The van der Waals surface area contributed by atoms with Gasteiger partial charge < -0.3 is 34.3 Å². The van der Waals surface area contributed by atoms with Crippen molar-refractivity contribution < 1.29 is 56.2 Å². The molecule has 1 rings (SSSR count). The number of hydrogen-bond acceptors (Lipinski definition) is 11. The van der Waals surface area contributed by atoms with Gasteiger partial charge in [-0.15, -0.1) is 0 Å². The first-order chi connectivity index (χ1) is 36.1. The molecule has 1 aliphatic heterocycles. The van der Waals surface area contributed by atoms with Crippen LogP contribution in [0.5, 0.6) is 0 Å². The third-order valence-corrected chi connectivity index (χ3v) is 14.1. The van der Waals surface area contributed by atoms with Gasteiger partial charge in [0.25, 0.3) is 0 Å². The smallest absolute Gasteiger partial charge is 0.397 e. The summed E-state index contributed by atoms with van der Waals surface area (Å²) in [7, 11) is -5.07. The highest BCUT2D eigenvalue weighted by Crippen LogP contribution is 2.26. The lowest BCUT2D eigenvalue weighted by molar-refractivity contribution is -0.301. The number of carbonyl (C=O) groups excluding carboxylic acids is 1. The third-order valence-electron chi connectivity index (χ3n) is 13.7. The number of unbranched alkanes of at least 4 members (excludes halogenated alkanes) is 30. The van der Waals surface area contributed by atoms with Gasteiger partial charge in [-0.25, -0.2) is 4.18 Å². The van der Waals surface area contributed by atoms with Crippen LogP contribution in [0.15, 0.2) is 60.8 Å². The summed E-state index contributed by atoms with van der Waals surface area (Å²) in [5.41, 5.74) is 0. The van der Waals surface area contributed by atoms with Crippen LogP contribution in [0.2, 0.25) is 0 Å². The lowest BCUT2D eigenvalue weighted by Crippen LogP contribution is -2.60. The molecule has 1 fully saturated rings. The number of ether oxygens (including phenoxy) is 4. The first kappa shape index (κ1) is 69.8. The van der Waals surface area contributed by atoms with E-state index in [1.54, 1.807) is 0 Å². The highest BCUT2D eigenvalue weighted by atomic mass is 32.3. The van der Waals surface area contributed by atoms with Crippen LogP contribution in [0.1, 0.15) is 258 Å². The summed E-state index contributed by atoms with van der Waals surface area (Å²) in [5, 5.41) is 30.9. The van der Waals surface area contributed by atoms with Crippen molar-refractivity contribution in [3.05, 3.63) is 60.8 Å². The lowest BCUT2D eigenvalue weighted by atomic mass is 9.99. The summed E-state index contributed by atoms with van der Waals surface area (Å²) in [4.78, 5) is 13.0. The molecule has 1 aliphatic rings. The normalized spacial score (nSPS) is 19.1. The number of allylic oxidation sites excluding steroid dienone is 10. The molecule has 0 bridgehead atoms. The molecular weight excluding hydrogens is 957 g/mol. The fourth-order valence-corrected chi connectivity index (χ4v) is 9.68. The molecule has 0 spiro atoms. The van der Waals surface area contributed by atoms with Gasteiger partial charge in [-0.1, -0.05) is 254 Å². The van der Waals surface area contributed by atoms with Crippen LogP contribution in [0.3, 0.4) is 0 Å². The van der Waals surface area contributed by atoms with Gasteiger partial charge in [0.2, 0.25) is 0 Å². The van der Waals surface area contributed by atoms with Crippen molar-refractivity contribution in [2.24, 2.45) is 0 Å². The largest absolute Gasteiger partial charge is 0.457 e. The number of hydrogen-bond donors (Lipinski definition) is 4. The molecule has 0 saturated carbocycles. The van der Waals surface area contributed by atoms with Gasteiger partial charge >= 0.3 is 16.4 Å². The topological polar surface area (TPSA) is 178 Å². The highest BCUT2D eigenvalue weighted by molar-refractivity contribution is 7.80. The molecule has 13 heteroatoms. The zero-order valence-corrected chi connectivity index (χ0v) is 47.7. The minimum atomic E-state index is -5.07. The monoisotopic (exact) mass is 1070 g/mol. The Morgan fingerprint density at radius 1 is 0.527 bits per heavy atom. The zero-order valence-electron chi connectivity index (χ0n) is 46.9. The second kappa shape index (κ2) is 51.6. The van der Waals surface area contributed by atoms with Crippen molar-refractivity contribution >= 4 is 16.4 Å². The van der Waals surface area contributed by atoms with Crippen molar-refractivity contribution in [1.82, 2.24) is 0 Å². The van der Waals surface area contributed by atoms with Gasteiger partial charge in [0.05, 0.1) is 19.8 Å². The molecule has 0 aromatic rings. The molecule has 0 amide bonds. The second-order valence-electron chi connectivity index (χ2n) is 20.6. The summed E-state index contributed by atoms with van der Waals surface area (Å²) in [6, 6.07) is 0. The van der Waals surface area contributed by atoms with E-state index in [0.717, 1.165) is 77.0 Å². The Bertz CT molecular complexity index is 1510. The number of aliphatic hydroxyl groups excluding tert-OH is 3. The van der Waals surface area contributed by atoms with Crippen LogP contribution in [-0.4, -0.2) is 97.5 Å². The fourth-order valence-electron chi connectivity index (χ4n) is 9.17. The van der Waals surface area contributed by atoms with E-state index in [1.807, 2.05) is 0 Å². The molecule has 0 aliphatic carbocycles. The Morgan fingerprint density at radius 2 is 0.932 bits per heavy atom. The Kier molecular flexibility index (Phi) is 48.6. The standard InChI is InChI=1S/C61H110O12S/c1-3-5-7-9-11-13-15-17-19-21-23-25-26-27-28-29-31-33-35-37-39-41-43-45-47-49-51-69-53-55(54-70-61-59(65)60(73-74(66,67)68)58(64)56(52-62)72-61)71-57(63)50-48-46-44-42-40-38-36-34-32-30-24-22-20-18-16-14-12-10-8-6-4-2/h5,7,11,13,17,19,23,25,27-28,55-56,58-62,64-65H,3-4,6,8-10,12,14-16,18,20-22,24,26,29-54H2,1-2H3,(H,66,67,68)/b7-5-,13-11-,19-17-,25-23-,28-27-. The average molecular weight is 1070 g/mol. The van der Waals surface area contributed by atoms with Gasteiger partial charge in [0.1, 0.15) is 30.5 Å². The van der Waals surface area contributed by atoms with E-state index in [2.05, 4.69) is 78.8 Å². The van der Waals surface area contributed by atoms with Gasteiger partial charge in [-0.3, -0.25) is 9.35 Å². The Hall–Kier alpha value is -2.20. The Morgan fingerprint density at radius 3 is 1.36 bits per heavy atom. The van der Waals surface area contributed by atoms with E-state index in [0.29, 0.717) is 13.0 Å². The minimum absolute atomic E-state index is 0.0337. The van der Waals surface area contributed by atoms with Crippen molar-refractivity contribution in [2.45, 2.75) is 295 Å². The predicted octanol–water partition coefficient (Wildman–Crippen LogP) is 15.2. The van der Waals surface area contributed by atoms with Gasteiger partial charge in [-0.2, -0.15) is 8.42 Å². The van der Waals surface area contributed by atoms with Crippen LogP contribution in [0.25, 0.3) is 0 Å². The van der Waals surface area contributed by atoms with Gasteiger partial charge in [0.15, 0.2) is 6.29 Å². The van der Waals surface area contributed by atoms with E-state index >= 15 is 0 Å². The first-order valence-electron chi connectivity index (χ1n) is 30.0. The third kappa shape index (κ3) is 43.9. The molecule has 0 radical (unpaired) electrons. The van der Waals surface area contributed by atoms with E-state index in [1.165, 1.54) is 154 Å². The Labute approximate surface area is 452 Å². The Balaban J connectivity index is 2.28. The maximum absolute atomic E-state index is 13.0. The van der Waals surface area contributed by atoms with E-state index in [-0.39, 0.29) is 19.6 Å². The summed E-state index contributed by atoms with van der Waals surface area (Å²) in [6.45, 7) is 3.91. The zero-order chi connectivity index (χ0) is 53.8. The number of esters is 1. The molecule has 0 aromatic heterocycles. The summed E-state index contributed by atoms with van der Waals surface area (Å²) < 4.78 is 59.5. The first-order valence-corrected chi connectivity index (χ1v) is 31.4. The maximum Gasteiger partial charge on any atom is 0.397 e. The number of rotatable bonds is 53. The molecular formula is C61H110O12S. The maximum atomic E-state index is 13.0. The molecule has 4 N–H and O–H groups in total.